The summed E-state index contributed by atoms with van der Waals surface area (Å²) in [6.45, 7) is 0.554. The van der Waals surface area contributed by atoms with Gasteiger partial charge >= 0.3 is 0 Å². The summed E-state index contributed by atoms with van der Waals surface area (Å²) in [6.07, 6.45) is 4.55. The summed E-state index contributed by atoms with van der Waals surface area (Å²) in [6, 6.07) is 7.41. The van der Waals surface area contributed by atoms with E-state index in [0.29, 0.717) is 29.4 Å². The van der Waals surface area contributed by atoms with Crippen LogP contribution in [0, 0.1) is 0 Å². The third-order valence-corrected chi connectivity index (χ3v) is 3.47. The lowest BCUT2D eigenvalue weighted by molar-refractivity contribution is 0.0983. The molecular weight excluding hydrogens is 262 g/mol. The number of ketones is 1. The molecule has 0 fully saturated rings. The maximum atomic E-state index is 12.0. The number of para-hydroxylation sites is 1. The third kappa shape index (κ3) is 2.22. The Morgan fingerprint density at radius 3 is 2.84 bits per heavy atom. The molecule has 0 unspecified atom stereocenters. The van der Waals surface area contributed by atoms with Crippen molar-refractivity contribution in [2.24, 2.45) is 0 Å². The molecule has 0 radical (unpaired) electrons. The first-order valence-corrected chi connectivity index (χ1v) is 6.54. The Morgan fingerprint density at radius 2 is 2.00 bits per heavy atom. The molecule has 0 N–H and O–H groups in total. The van der Waals surface area contributed by atoms with Gasteiger partial charge in [0.15, 0.2) is 5.78 Å². The van der Waals surface area contributed by atoms with Crippen LogP contribution >= 0.6 is 11.6 Å². The SMILES string of the molecule is O=C1CCCOc2c1cccc2-c1ccncc1Cl. The number of halogens is 1. The number of nitrogens with zero attached hydrogens (tertiary/aromatic N) is 1. The number of fused-ring (bicyclic) bond motifs is 1. The van der Waals surface area contributed by atoms with Crippen molar-refractivity contribution in [3.63, 3.8) is 0 Å². The van der Waals surface area contributed by atoms with Gasteiger partial charge in [0, 0.05) is 29.9 Å². The Bertz CT molecular complexity index is 640. The highest BCUT2D eigenvalue weighted by Crippen LogP contribution is 2.38. The average molecular weight is 274 g/mol. The van der Waals surface area contributed by atoms with Gasteiger partial charge in [-0.25, -0.2) is 0 Å². The van der Waals surface area contributed by atoms with Crippen LogP contribution in [0.3, 0.4) is 0 Å². The van der Waals surface area contributed by atoms with E-state index < -0.39 is 0 Å². The van der Waals surface area contributed by atoms with Crippen LogP contribution in [0.5, 0.6) is 5.75 Å². The Labute approximate surface area is 116 Å². The van der Waals surface area contributed by atoms with E-state index in [1.54, 1.807) is 12.4 Å². The molecule has 96 valence electrons. The van der Waals surface area contributed by atoms with Crippen molar-refractivity contribution in [3.05, 3.63) is 47.2 Å². The van der Waals surface area contributed by atoms with Crippen LogP contribution in [0.15, 0.2) is 36.7 Å². The van der Waals surface area contributed by atoms with Crippen LogP contribution < -0.4 is 4.74 Å². The van der Waals surface area contributed by atoms with Gasteiger partial charge in [-0.2, -0.15) is 0 Å². The molecule has 3 nitrogen and oxygen atoms in total. The molecule has 0 saturated heterocycles. The number of hydrogen-bond acceptors (Lipinski definition) is 3. The standard InChI is InChI=1S/C15H12ClNO2/c16-13-9-17-7-6-10(13)11-3-1-4-12-14(18)5-2-8-19-15(11)12/h1,3-4,6-7,9H,2,5,8H2. The minimum atomic E-state index is 0.125. The number of carbonyl (C=O) groups is 1. The number of pyridine rings is 1. The minimum Gasteiger partial charge on any atom is -0.492 e. The summed E-state index contributed by atoms with van der Waals surface area (Å²) in [7, 11) is 0. The van der Waals surface area contributed by atoms with E-state index in [0.717, 1.165) is 17.5 Å². The summed E-state index contributed by atoms with van der Waals surface area (Å²) in [4.78, 5) is 16.0. The summed E-state index contributed by atoms with van der Waals surface area (Å²) in [5, 5.41) is 0.552. The van der Waals surface area contributed by atoms with Crippen molar-refractivity contribution in [1.82, 2.24) is 4.98 Å². The molecule has 19 heavy (non-hydrogen) atoms. The van der Waals surface area contributed by atoms with E-state index in [9.17, 15) is 4.79 Å². The lowest BCUT2D eigenvalue weighted by Gasteiger charge is -2.13. The second kappa shape index (κ2) is 5.02. The van der Waals surface area contributed by atoms with E-state index in [1.807, 2.05) is 24.3 Å². The van der Waals surface area contributed by atoms with Crippen molar-refractivity contribution in [1.29, 1.82) is 0 Å². The number of carbonyl (C=O) groups excluding carboxylic acids is 1. The highest BCUT2D eigenvalue weighted by atomic mass is 35.5. The molecule has 0 amide bonds. The van der Waals surface area contributed by atoms with Crippen LogP contribution in [0.4, 0.5) is 0 Å². The molecule has 4 heteroatoms. The Balaban J connectivity index is 2.21. The van der Waals surface area contributed by atoms with Gasteiger partial charge in [-0.15, -0.1) is 0 Å². The minimum absolute atomic E-state index is 0.125. The molecule has 0 spiro atoms. The largest absolute Gasteiger partial charge is 0.492 e. The molecule has 2 aromatic rings. The fraction of sp³-hybridized carbons (Fsp3) is 0.200. The second-order valence-electron chi connectivity index (χ2n) is 4.41. The van der Waals surface area contributed by atoms with E-state index in [-0.39, 0.29) is 5.78 Å². The number of ether oxygens (including phenoxy) is 1. The molecule has 0 saturated carbocycles. The van der Waals surface area contributed by atoms with Gasteiger partial charge in [-0.05, 0) is 18.6 Å². The first-order valence-electron chi connectivity index (χ1n) is 6.16. The first-order chi connectivity index (χ1) is 9.27. The van der Waals surface area contributed by atoms with Crippen molar-refractivity contribution in [2.45, 2.75) is 12.8 Å². The Hall–Kier alpha value is -1.87. The summed E-state index contributed by atoms with van der Waals surface area (Å²) in [5.41, 5.74) is 2.33. The maximum Gasteiger partial charge on any atom is 0.166 e. The molecule has 0 atom stereocenters. The lowest BCUT2D eigenvalue weighted by Crippen LogP contribution is -1.99. The number of hydrogen-bond donors (Lipinski definition) is 0. The van der Waals surface area contributed by atoms with Crippen molar-refractivity contribution >= 4 is 17.4 Å². The van der Waals surface area contributed by atoms with Gasteiger partial charge in [0.2, 0.25) is 0 Å². The number of rotatable bonds is 1. The van der Waals surface area contributed by atoms with E-state index in [2.05, 4.69) is 4.98 Å². The quantitative estimate of drug-likeness (QED) is 0.794. The predicted octanol–water partition coefficient (Wildman–Crippen LogP) is 3.76. The number of benzene rings is 1. The predicted molar refractivity (Wildman–Crippen MR) is 73.7 cm³/mol. The van der Waals surface area contributed by atoms with Crippen molar-refractivity contribution in [2.75, 3.05) is 6.61 Å². The number of aromatic nitrogens is 1. The van der Waals surface area contributed by atoms with Crippen LogP contribution in [-0.2, 0) is 0 Å². The zero-order valence-electron chi connectivity index (χ0n) is 10.2. The highest BCUT2D eigenvalue weighted by molar-refractivity contribution is 6.33. The average Bonchev–Trinajstić information content (AvgIpc) is 2.62. The molecule has 3 rings (SSSR count). The van der Waals surface area contributed by atoms with Crippen LogP contribution in [0.2, 0.25) is 5.02 Å². The number of Topliss-reactive ketones (excluding diaryl/α,β-unsaturated/α-hetero) is 1. The van der Waals surface area contributed by atoms with Crippen molar-refractivity contribution in [3.8, 4) is 16.9 Å². The zero-order chi connectivity index (χ0) is 13.2. The Morgan fingerprint density at radius 1 is 1.16 bits per heavy atom. The molecule has 1 aliphatic rings. The van der Waals surface area contributed by atoms with E-state index in [1.165, 1.54) is 0 Å². The Kier molecular flexibility index (Phi) is 3.22. The molecule has 0 bridgehead atoms. The van der Waals surface area contributed by atoms with E-state index >= 15 is 0 Å². The molecule has 1 aliphatic heterocycles. The zero-order valence-corrected chi connectivity index (χ0v) is 11.0. The van der Waals surface area contributed by atoms with Gasteiger partial charge < -0.3 is 4.74 Å². The van der Waals surface area contributed by atoms with Crippen LogP contribution in [0.25, 0.3) is 11.1 Å². The molecule has 1 aromatic heterocycles. The van der Waals surface area contributed by atoms with Crippen LogP contribution in [-0.4, -0.2) is 17.4 Å². The van der Waals surface area contributed by atoms with Gasteiger partial charge in [0.05, 0.1) is 17.2 Å². The summed E-state index contributed by atoms with van der Waals surface area (Å²) in [5.74, 6) is 0.762. The van der Waals surface area contributed by atoms with E-state index in [4.69, 9.17) is 16.3 Å². The van der Waals surface area contributed by atoms with Gasteiger partial charge in [-0.1, -0.05) is 23.7 Å². The molecule has 0 aliphatic carbocycles. The molecule has 1 aromatic carbocycles. The van der Waals surface area contributed by atoms with Crippen LogP contribution in [0.1, 0.15) is 23.2 Å². The second-order valence-corrected chi connectivity index (χ2v) is 4.82. The normalized spacial score (nSPS) is 14.5. The fourth-order valence-corrected chi connectivity index (χ4v) is 2.48. The van der Waals surface area contributed by atoms with Crippen molar-refractivity contribution < 1.29 is 9.53 Å². The van der Waals surface area contributed by atoms with Gasteiger partial charge in [0.1, 0.15) is 5.75 Å². The molecule has 2 heterocycles. The van der Waals surface area contributed by atoms with Gasteiger partial charge in [0.25, 0.3) is 0 Å². The fourth-order valence-electron chi connectivity index (χ4n) is 2.26. The molecular formula is C15H12ClNO2. The highest BCUT2D eigenvalue weighted by Gasteiger charge is 2.20. The summed E-state index contributed by atoms with van der Waals surface area (Å²) < 4.78 is 5.76. The maximum absolute atomic E-state index is 12.0. The third-order valence-electron chi connectivity index (χ3n) is 3.17. The van der Waals surface area contributed by atoms with Gasteiger partial charge in [-0.3, -0.25) is 9.78 Å². The first kappa shape index (κ1) is 12.2. The monoisotopic (exact) mass is 273 g/mol. The lowest BCUT2D eigenvalue weighted by atomic mass is 9.99. The topological polar surface area (TPSA) is 39.2 Å². The summed E-state index contributed by atoms with van der Waals surface area (Å²) >= 11 is 6.18. The smallest absolute Gasteiger partial charge is 0.166 e.